The van der Waals surface area contributed by atoms with Crippen LogP contribution in [0.15, 0.2) is 24.3 Å². The van der Waals surface area contributed by atoms with Crippen molar-refractivity contribution in [2.75, 3.05) is 0 Å². The SMILES string of the molecule is CCCCCCCCCCCCCCCC(=O)OCc1ccc(C(C)(C)C)cc1. The van der Waals surface area contributed by atoms with Crippen LogP contribution in [-0.4, -0.2) is 5.97 Å². The smallest absolute Gasteiger partial charge is 0.306 e. The van der Waals surface area contributed by atoms with Crippen LogP contribution in [0.3, 0.4) is 0 Å². The Balaban J connectivity index is 1.94. The molecule has 29 heavy (non-hydrogen) atoms. The van der Waals surface area contributed by atoms with E-state index in [1.807, 2.05) is 0 Å². The molecule has 1 rings (SSSR count). The first-order chi connectivity index (χ1) is 13.9. The molecule has 1 aromatic rings. The van der Waals surface area contributed by atoms with Crippen LogP contribution in [0.25, 0.3) is 0 Å². The molecule has 2 heteroatoms. The number of carbonyl (C=O) groups excluding carboxylic acids is 1. The zero-order chi connectivity index (χ0) is 21.4. The van der Waals surface area contributed by atoms with Gasteiger partial charge in [-0.05, 0) is 23.0 Å². The molecule has 0 aromatic heterocycles. The number of hydrogen-bond acceptors (Lipinski definition) is 2. The van der Waals surface area contributed by atoms with E-state index in [0.717, 1.165) is 18.4 Å². The largest absolute Gasteiger partial charge is 0.461 e. The van der Waals surface area contributed by atoms with E-state index in [2.05, 4.69) is 52.0 Å². The van der Waals surface area contributed by atoms with Crippen molar-refractivity contribution in [1.29, 1.82) is 0 Å². The van der Waals surface area contributed by atoms with Crippen molar-refractivity contribution in [1.82, 2.24) is 0 Å². The number of carbonyl (C=O) groups is 1. The van der Waals surface area contributed by atoms with Crippen molar-refractivity contribution in [3.05, 3.63) is 35.4 Å². The van der Waals surface area contributed by atoms with E-state index >= 15 is 0 Å². The van der Waals surface area contributed by atoms with Crippen LogP contribution in [0.2, 0.25) is 0 Å². The standard InChI is InChI=1S/C27H46O2/c1-5-6-7-8-9-10-11-12-13-14-15-16-17-18-26(28)29-23-24-19-21-25(22-20-24)27(2,3)4/h19-22H,5-18,23H2,1-4H3. The van der Waals surface area contributed by atoms with Gasteiger partial charge in [0, 0.05) is 6.42 Å². The lowest BCUT2D eigenvalue weighted by Crippen LogP contribution is -2.11. The molecule has 0 aliphatic heterocycles. The van der Waals surface area contributed by atoms with E-state index in [9.17, 15) is 4.79 Å². The van der Waals surface area contributed by atoms with Gasteiger partial charge >= 0.3 is 5.97 Å². The van der Waals surface area contributed by atoms with Crippen molar-refractivity contribution in [2.24, 2.45) is 0 Å². The normalized spacial score (nSPS) is 11.6. The fraction of sp³-hybridized carbons (Fsp3) is 0.741. The second kappa shape index (κ2) is 15.5. The van der Waals surface area contributed by atoms with Gasteiger partial charge in [0.15, 0.2) is 0 Å². The molecule has 0 heterocycles. The fourth-order valence-corrected chi connectivity index (χ4v) is 3.62. The van der Waals surface area contributed by atoms with Gasteiger partial charge in [-0.2, -0.15) is 0 Å². The third-order valence-corrected chi connectivity index (χ3v) is 5.70. The third kappa shape index (κ3) is 13.5. The Morgan fingerprint density at radius 3 is 1.62 bits per heavy atom. The van der Waals surface area contributed by atoms with Crippen molar-refractivity contribution in [3.8, 4) is 0 Å². The molecule has 1 aromatic carbocycles. The minimum Gasteiger partial charge on any atom is -0.461 e. The Hall–Kier alpha value is -1.31. The Labute approximate surface area is 180 Å². The van der Waals surface area contributed by atoms with Gasteiger partial charge in [-0.15, -0.1) is 0 Å². The molecular weight excluding hydrogens is 356 g/mol. The molecule has 0 unspecified atom stereocenters. The zero-order valence-corrected chi connectivity index (χ0v) is 19.7. The topological polar surface area (TPSA) is 26.3 Å². The van der Waals surface area contributed by atoms with Gasteiger partial charge in [0.2, 0.25) is 0 Å². The van der Waals surface area contributed by atoms with Crippen molar-refractivity contribution < 1.29 is 9.53 Å². The highest BCUT2D eigenvalue weighted by atomic mass is 16.5. The summed E-state index contributed by atoms with van der Waals surface area (Å²) in [5.74, 6) is -0.0621. The molecule has 0 N–H and O–H groups in total. The Morgan fingerprint density at radius 1 is 0.724 bits per heavy atom. The summed E-state index contributed by atoms with van der Waals surface area (Å²) in [5.41, 5.74) is 2.53. The van der Waals surface area contributed by atoms with E-state index in [1.165, 1.54) is 76.2 Å². The fourth-order valence-electron chi connectivity index (χ4n) is 3.62. The number of ether oxygens (including phenoxy) is 1. The van der Waals surface area contributed by atoms with Crippen LogP contribution in [0.1, 0.15) is 129 Å². The number of unbranched alkanes of at least 4 members (excludes halogenated alkanes) is 12. The molecule has 2 nitrogen and oxygen atoms in total. The van der Waals surface area contributed by atoms with E-state index < -0.39 is 0 Å². The lowest BCUT2D eigenvalue weighted by molar-refractivity contribution is -0.145. The molecule has 0 radical (unpaired) electrons. The summed E-state index contributed by atoms with van der Waals surface area (Å²) in [7, 11) is 0. The molecule has 0 atom stereocenters. The van der Waals surface area contributed by atoms with Crippen LogP contribution in [0.5, 0.6) is 0 Å². The summed E-state index contributed by atoms with van der Waals surface area (Å²) in [4.78, 5) is 11.9. The van der Waals surface area contributed by atoms with E-state index in [0.29, 0.717) is 13.0 Å². The van der Waals surface area contributed by atoms with E-state index in [4.69, 9.17) is 4.74 Å². The average molecular weight is 403 g/mol. The highest BCUT2D eigenvalue weighted by Crippen LogP contribution is 2.22. The molecule has 0 saturated carbocycles. The average Bonchev–Trinajstić information content (AvgIpc) is 2.69. The Bertz CT molecular complexity index is 524. The van der Waals surface area contributed by atoms with Crippen molar-refractivity contribution in [3.63, 3.8) is 0 Å². The van der Waals surface area contributed by atoms with Gasteiger partial charge in [0.1, 0.15) is 6.61 Å². The van der Waals surface area contributed by atoms with Crippen LogP contribution in [0, 0.1) is 0 Å². The first-order valence-corrected chi connectivity index (χ1v) is 12.2. The Morgan fingerprint density at radius 2 is 1.17 bits per heavy atom. The summed E-state index contributed by atoms with van der Waals surface area (Å²) < 4.78 is 5.42. The zero-order valence-electron chi connectivity index (χ0n) is 19.7. The lowest BCUT2D eigenvalue weighted by Gasteiger charge is -2.19. The van der Waals surface area contributed by atoms with Crippen molar-refractivity contribution in [2.45, 2.75) is 130 Å². The van der Waals surface area contributed by atoms with Gasteiger partial charge in [-0.3, -0.25) is 4.79 Å². The predicted octanol–water partition coefficient (Wildman–Crippen LogP) is 8.51. The second-order valence-corrected chi connectivity index (χ2v) is 9.60. The summed E-state index contributed by atoms with van der Waals surface area (Å²) in [6.45, 7) is 9.28. The van der Waals surface area contributed by atoms with Crippen LogP contribution < -0.4 is 0 Å². The summed E-state index contributed by atoms with van der Waals surface area (Å²) >= 11 is 0. The maximum atomic E-state index is 11.9. The first kappa shape index (κ1) is 25.7. The molecule has 166 valence electrons. The molecule has 0 fully saturated rings. The summed E-state index contributed by atoms with van der Waals surface area (Å²) in [6, 6.07) is 8.41. The van der Waals surface area contributed by atoms with E-state index in [-0.39, 0.29) is 11.4 Å². The maximum absolute atomic E-state index is 11.9. The minimum absolute atomic E-state index is 0.0621. The molecule has 0 aliphatic rings. The van der Waals surface area contributed by atoms with Crippen molar-refractivity contribution >= 4 is 5.97 Å². The van der Waals surface area contributed by atoms with Crippen LogP contribution >= 0.6 is 0 Å². The number of benzene rings is 1. The molecular formula is C27H46O2. The second-order valence-electron chi connectivity index (χ2n) is 9.60. The molecule has 0 aliphatic carbocycles. The number of hydrogen-bond donors (Lipinski definition) is 0. The number of esters is 1. The number of rotatable bonds is 16. The minimum atomic E-state index is -0.0621. The monoisotopic (exact) mass is 402 g/mol. The highest BCUT2D eigenvalue weighted by molar-refractivity contribution is 5.69. The van der Waals surface area contributed by atoms with Crippen LogP contribution in [-0.2, 0) is 21.6 Å². The van der Waals surface area contributed by atoms with Crippen LogP contribution in [0.4, 0.5) is 0 Å². The summed E-state index contributed by atoms with van der Waals surface area (Å²) in [5, 5.41) is 0. The highest BCUT2D eigenvalue weighted by Gasteiger charge is 2.13. The molecule has 0 saturated heterocycles. The Kier molecular flexibility index (Phi) is 13.8. The van der Waals surface area contributed by atoms with Gasteiger partial charge in [-0.25, -0.2) is 0 Å². The summed E-state index contributed by atoms with van der Waals surface area (Å²) in [6.07, 6.45) is 17.8. The molecule has 0 bridgehead atoms. The van der Waals surface area contributed by atoms with E-state index in [1.54, 1.807) is 0 Å². The first-order valence-electron chi connectivity index (χ1n) is 12.2. The maximum Gasteiger partial charge on any atom is 0.306 e. The van der Waals surface area contributed by atoms with Gasteiger partial charge in [0.05, 0.1) is 0 Å². The molecule has 0 spiro atoms. The lowest BCUT2D eigenvalue weighted by atomic mass is 9.87. The quantitative estimate of drug-likeness (QED) is 0.204. The van der Waals surface area contributed by atoms with Gasteiger partial charge < -0.3 is 4.74 Å². The van der Waals surface area contributed by atoms with Gasteiger partial charge in [0.25, 0.3) is 0 Å². The third-order valence-electron chi connectivity index (χ3n) is 5.70. The predicted molar refractivity (Wildman–Crippen MR) is 125 cm³/mol. The molecule has 0 amide bonds. The van der Waals surface area contributed by atoms with Gasteiger partial charge in [-0.1, -0.05) is 129 Å².